The van der Waals surface area contributed by atoms with Gasteiger partial charge in [0.1, 0.15) is 18.2 Å². The van der Waals surface area contributed by atoms with Crippen molar-refractivity contribution in [3.63, 3.8) is 0 Å². The Labute approximate surface area is 309 Å². The number of nitrogens with zero attached hydrogens (tertiary/aromatic N) is 4. The quantitative estimate of drug-likeness (QED) is 0.112. The molecule has 7 rings (SSSR count). The van der Waals surface area contributed by atoms with Gasteiger partial charge >= 0.3 is 6.09 Å². The summed E-state index contributed by atoms with van der Waals surface area (Å²) < 4.78 is 4.62. The number of carbonyl (C=O) groups excluding carboxylic acids is 3. The number of ether oxygens (including phenoxy) is 1. The standard InChI is InChI=1S/C41H48N8O4/c1-5-26-14-17-49(37(51)23-45-40(52)53-4)38(26)39-44-21-33(47-39)28-8-6-27(7-9-28)29-10-11-31-19-32(13-12-30(31)18-29)34-20-43-35(46-34)24-48(36(50)22-42-3)25-41(2)15-16-41/h6-13,18-21,26,38,42H,5,14-17,22-25H2,1-4H3,(H,43,46)(H,44,47)(H,45,52)/t26-,38+/m1/s1. The van der Waals surface area contributed by atoms with Crippen LogP contribution in [-0.4, -0.2) is 88.0 Å². The number of methoxy groups -OCH3 is 1. The van der Waals surface area contributed by atoms with Crippen molar-refractivity contribution in [2.75, 3.05) is 40.3 Å². The van der Waals surface area contributed by atoms with Gasteiger partial charge < -0.3 is 35.1 Å². The van der Waals surface area contributed by atoms with Crippen LogP contribution in [0.2, 0.25) is 0 Å². The minimum atomic E-state index is -0.626. The predicted molar refractivity (Wildman–Crippen MR) is 204 cm³/mol. The third kappa shape index (κ3) is 7.97. The Balaban J connectivity index is 1.03. The molecule has 2 aliphatic rings. The number of aromatic nitrogens is 4. The van der Waals surface area contributed by atoms with E-state index in [1.54, 1.807) is 7.05 Å². The molecular weight excluding hydrogens is 669 g/mol. The molecule has 2 atom stereocenters. The van der Waals surface area contributed by atoms with E-state index in [4.69, 9.17) is 4.98 Å². The Morgan fingerprint density at radius 3 is 2.26 bits per heavy atom. The molecule has 1 saturated heterocycles. The first kappa shape index (κ1) is 35.9. The lowest BCUT2D eigenvalue weighted by Gasteiger charge is -2.26. The number of imidazole rings is 2. The van der Waals surface area contributed by atoms with Crippen molar-refractivity contribution in [1.82, 2.24) is 40.4 Å². The first-order chi connectivity index (χ1) is 25.7. The molecule has 2 fully saturated rings. The van der Waals surface area contributed by atoms with Crippen molar-refractivity contribution in [3.05, 3.63) is 84.7 Å². The number of likely N-dealkylation sites (tertiary alicyclic amines) is 1. The number of hydrogen-bond donors (Lipinski definition) is 4. The zero-order valence-electron chi connectivity index (χ0n) is 30.9. The largest absolute Gasteiger partial charge is 0.453 e. The molecule has 53 heavy (non-hydrogen) atoms. The summed E-state index contributed by atoms with van der Waals surface area (Å²) in [4.78, 5) is 57.4. The maximum absolute atomic E-state index is 13.0. The molecule has 3 aromatic carbocycles. The van der Waals surface area contributed by atoms with E-state index in [-0.39, 0.29) is 35.7 Å². The van der Waals surface area contributed by atoms with Crippen molar-refractivity contribution in [2.24, 2.45) is 11.3 Å². The average molecular weight is 717 g/mol. The van der Waals surface area contributed by atoms with Gasteiger partial charge in [0.05, 0.1) is 50.0 Å². The molecular formula is C41H48N8O4. The second kappa shape index (κ2) is 15.2. The smallest absolute Gasteiger partial charge is 0.407 e. The Bertz CT molecular complexity index is 2100. The highest BCUT2D eigenvalue weighted by Crippen LogP contribution is 2.45. The summed E-state index contributed by atoms with van der Waals surface area (Å²) in [5, 5.41) is 7.75. The van der Waals surface area contributed by atoms with Crippen LogP contribution in [0.25, 0.3) is 44.4 Å². The fourth-order valence-electron chi connectivity index (χ4n) is 7.42. The maximum atomic E-state index is 13.0. The molecule has 0 unspecified atom stereocenters. The van der Waals surface area contributed by atoms with Gasteiger partial charge in [0.2, 0.25) is 11.8 Å². The van der Waals surface area contributed by atoms with Gasteiger partial charge in [-0.2, -0.15) is 0 Å². The number of carbonyl (C=O) groups is 3. The Kier molecular flexibility index (Phi) is 10.3. The number of alkyl carbamates (subject to hydrolysis) is 1. The van der Waals surface area contributed by atoms with E-state index in [9.17, 15) is 14.4 Å². The molecule has 0 radical (unpaired) electrons. The minimum Gasteiger partial charge on any atom is -0.453 e. The van der Waals surface area contributed by atoms with E-state index in [1.807, 2.05) is 22.2 Å². The number of likely N-dealkylation sites (N-methyl/N-ethyl adjacent to an activating group) is 1. The molecule has 5 aromatic rings. The molecule has 4 N–H and O–H groups in total. The third-order valence-electron chi connectivity index (χ3n) is 10.8. The molecule has 12 nitrogen and oxygen atoms in total. The molecule has 0 bridgehead atoms. The van der Waals surface area contributed by atoms with E-state index in [1.165, 1.54) is 7.11 Å². The van der Waals surface area contributed by atoms with Crippen LogP contribution in [0.4, 0.5) is 4.79 Å². The average Bonchev–Trinajstić information content (AvgIpc) is 3.58. The number of nitrogens with one attached hydrogen (secondary N) is 4. The van der Waals surface area contributed by atoms with E-state index >= 15 is 0 Å². The lowest BCUT2D eigenvalue weighted by molar-refractivity contribution is -0.132. The van der Waals surface area contributed by atoms with Crippen LogP contribution in [0.5, 0.6) is 0 Å². The zero-order valence-corrected chi connectivity index (χ0v) is 30.9. The van der Waals surface area contributed by atoms with Crippen LogP contribution in [-0.2, 0) is 20.9 Å². The molecule has 3 amide bonds. The molecule has 276 valence electrons. The van der Waals surface area contributed by atoms with Gasteiger partial charge in [-0.15, -0.1) is 0 Å². The molecule has 1 aliphatic heterocycles. The van der Waals surface area contributed by atoms with Gasteiger partial charge in [0.25, 0.3) is 0 Å². The van der Waals surface area contributed by atoms with Gasteiger partial charge in [-0.25, -0.2) is 14.8 Å². The number of aromatic amines is 2. The van der Waals surface area contributed by atoms with Crippen molar-refractivity contribution in [2.45, 2.75) is 52.1 Å². The summed E-state index contributed by atoms with van der Waals surface area (Å²) in [6.07, 6.45) is 7.16. The highest BCUT2D eigenvalue weighted by Gasteiger charge is 2.40. The molecule has 1 aliphatic carbocycles. The van der Waals surface area contributed by atoms with Crippen LogP contribution in [0.3, 0.4) is 0 Å². The molecule has 12 heteroatoms. The normalized spacial score (nSPS) is 17.5. The monoisotopic (exact) mass is 716 g/mol. The van der Waals surface area contributed by atoms with Crippen LogP contribution in [0.1, 0.15) is 57.2 Å². The number of benzene rings is 3. The number of hydrogen-bond acceptors (Lipinski definition) is 7. The summed E-state index contributed by atoms with van der Waals surface area (Å²) in [6, 6.07) is 21.1. The van der Waals surface area contributed by atoms with Gasteiger partial charge in [-0.1, -0.05) is 68.8 Å². The third-order valence-corrected chi connectivity index (χ3v) is 10.8. The molecule has 2 aromatic heterocycles. The summed E-state index contributed by atoms with van der Waals surface area (Å²) in [7, 11) is 3.08. The summed E-state index contributed by atoms with van der Waals surface area (Å²) in [6.45, 7) is 6.39. The molecule has 3 heterocycles. The highest BCUT2D eigenvalue weighted by molar-refractivity contribution is 5.90. The molecule has 1 saturated carbocycles. The zero-order chi connectivity index (χ0) is 37.1. The lowest BCUT2D eigenvalue weighted by Crippen LogP contribution is -2.40. The number of H-pyrrole nitrogens is 2. The minimum absolute atomic E-state index is 0.0873. The van der Waals surface area contributed by atoms with Gasteiger partial charge in [-0.05, 0) is 77.2 Å². The second-order valence-corrected chi connectivity index (χ2v) is 14.7. The van der Waals surface area contributed by atoms with Crippen molar-refractivity contribution in [1.29, 1.82) is 0 Å². The van der Waals surface area contributed by atoms with Crippen LogP contribution in [0.15, 0.2) is 73.1 Å². The number of amides is 3. The van der Waals surface area contributed by atoms with Crippen LogP contribution >= 0.6 is 0 Å². The Morgan fingerprint density at radius 2 is 1.57 bits per heavy atom. The number of rotatable bonds is 13. The maximum Gasteiger partial charge on any atom is 0.407 e. The highest BCUT2D eigenvalue weighted by atomic mass is 16.5. The SMILES string of the molecule is CC[C@@H]1CCN(C(=O)CNC(=O)OC)[C@@H]1c1ncc(-c2ccc(-c3ccc4cc(-c5cnc(CN(CC6(C)CC6)C(=O)CNC)[nH]5)ccc4c3)cc2)[nH]1. The first-order valence-corrected chi connectivity index (χ1v) is 18.4. The van der Waals surface area contributed by atoms with Crippen molar-refractivity contribution >= 4 is 28.7 Å². The summed E-state index contributed by atoms with van der Waals surface area (Å²) in [5.41, 5.74) is 6.30. The van der Waals surface area contributed by atoms with Crippen molar-refractivity contribution < 1.29 is 19.1 Å². The van der Waals surface area contributed by atoms with Gasteiger partial charge in [0, 0.05) is 18.7 Å². The fraction of sp³-hybridized carbons (Fsp3) is 0.390. The topological polar surface area (TPSA) is 148 Å². The summed E-state index contributed by atoms with van der Waals surface area (Å²) in [5.74, 6) is 1.74. The summed E-state index contributed by atoms with van der Waals surface area (Å²) >= 11 is 0. The van der Waals surface area contributed by atoms with E-state index in [0.717, 1.165) is 88.3 Å². The predicted octanol–water partition coefficient (Wildman–Crippen LogP) is 6.29. The van der Waals surface area contributed by atoms with E-state index < -0.39 is 6.09 Å². The van der Waals surface area contributed by atoms with Crippen LogP contribution in [0, 0.1) is 11.3 Å². The first-order valence-electron chi connectivity index (χ1n) is 18.4. The van der Waals surface area contributed by atoms with Gasteiger partial charge in [0.15, 0.2) is 0 Å². The lowest BCUT2D eigenvalue weighted by atomic mass is 9.97. The Hall–Kier alpha value is -5.49. The second-order valence-electron chi connectivity index (χ2n) is 14.7. The number of fused-ring (bicyclic) bond motifs is 1. The van der Waals surface area contributed by atoms with E-state index in [2.05, 4.69) is 105 Å². The van der Waals surface area contributed by atoms with Crippen LogP contribution < -0.4 is 10.6 Å². The fourth-order valence-corrected chi connectivity index (χ4v) is 7.42. The van der Waals surface area contributed by atoms with Gasteiger partial charge in [-0.3, -0.25) is 9.59 Å². The Morgan fingerprint density at radius 1 is 0.906 bits per heavy atom. The van der Waals surface area contributed by atoms with E-state index in [0.29, 0.717) is 19.6 Å². The molecule has 0 spiro atoms. The van der Waals surface area contributed by atoms with Crippen molar-refractivity contribution in [3.8, 4) is 33.6 Å².